The van der Waals surface area contributed by atoms with Crippen LogP contribution < -0.4 is 10.6 Å². The molecule has 2 amide bonds. The van der Waals surface area contributed by atoms with Gasteiger partial charge in [0.1, 0.15) is 18.2 Å². The summed E-state index contributed by atoms with van der Waals surface area (Å²) in [4.78, 5) is 22.4. The largest absolute Gasteiger partial charge is 0.394 e. The lowest BCUT2D eigenvalue weighted by atomic mass is 9.94. The van der Waals surface area contributed by atoms with Gasteiger partial charge in [-0.3, -0.25) is 9.59 Å². The molecule has 0 radical (unpaired) electrons. The molecule has 1 aliphatic rings. The third kappa shape index (κ3) is 3.87. The van der Waals surface area contributed by atoms with E-state index in [4.69, 9.17) is 14.6 Å². The fraction of sp³-hybridized carbons (Fsp3) is 0.818. The van der Waals surface area contributed by atoms with Crippen molar-refractivity contribution >= 4 is 11.8 Å². The van der Waals surface area contributed by atoms with Gasteiger partial charge in [-0.1, -0.05) is 0 Å². The Balaban J connectivity index is 2.96. The van der Waals surface area contributed by atoms with Gasteiger partial charge in [0.15, 0.2) is 6.29 Å². The van der Waals surface area contributed by atoms with Crippen LogP contribution in [-0.4, -0.2) is 66.3 Å². The second-order valence-electron chi connectivity index (χ2n) is 4.40. The number of hydrogen-bond acceptors (Lipinski definition) is 6. The number of nitrogens with one attached hydrogen (secondary N) is 2. The van der Waals surface area contributed by atoms with Gasteiger partial charge in [0, 0.05) is 21.0 Å². The van der Waals surface area contributed by atoms with Crippen LogP contribution in [0.2, 0.25) is 0 Å². The van der Waals surface area contributed by atoms with Gasteiger partial charge in [-0.2, -0.15) is 0 Å². The Morgan fingerprint density at radius 1 is 1.21 bits per heavy atom. The minimum absolute atomic E-state index is 0.347. The van der Waals surface area contributed by atoms with E-state index in [2.05, 4.69) is 10.6 Å². The van der Waals surface area contributed by atoms with Gasteiger partial charge in [0.2, 0.25) is 11.8 Å². The summed E-state index contributed by atoms with van der Waals surface area (Å²) in [5.41, 5.74) is 0. The highest BCUT2D eigenvalue weighted by Crippen LogP contribution is 2.21. The van der Waals surface area contributed by atoms with E-state index >= 15 is 0 Å². The molecule has 1 fully saturated rings. The molecule has 19 heavy (non-hydrogen) atoms. The summed E-state index contributed by atoms with van der Waals surface area (Å²) in [6, 6.07) is -1.55. The molecule has 1 heterocycles. The first kappa shape index (κ1) is 15.8. The van der Waals surface area contributed by atoms with Crippen LogP contribution in [0.3, 0.4) is 0 Å². The molecular formula is C11H20N2O6. The molecule has 0 bridgehead atoms. The molecule has 1 saturated heterocycles. The Hall–Kier alpha value is -1.22. The monoisotopic (exact) mass is 276 g/mol. The van der Waals surface area contributed by atoms with Crippen molar-refractivity contribution < 1.29 is 29.3 Å². The quantitative estimate of drug-likeness (QED) is 0.459. The third-order valence-electron chi connectivity index (χ3n) is 2.89. The maximum absolute atomic E-state index is 11.2. The summed E-state index contributed by atoms with van der Waals surface area (Å²) in [6.45, 7) is 2.18. The van der Waals surface area contributed by atoms with Gasteiger partial charge < -0.3 is 30.3 Å². The number of ether oxygens (including phenoxy) is 2. The number of aliphatic hydroxyl groups excluding tert-OH is 2. The molecule has 8 nitrogen and oxygen atoms in total. The Kier molecular flexibility index (Phi) is 5.67. The molecule has 8 heteroatoms. The summed E-state index contributed by atoms with van der Waals surface area (Å²) in [5, 5.41) is 24.3. The molecule has 0 aromatic heterocycles. The lowest BCUT2D eigenvalue weighted by Gasteiger charge is -2.44. The number of methoxy groups -OCH3 is 1. The second kappa shape index (κ2) is 6.80. The lowest BCUT2D eigenvalue weighted by Crippen LogP contribution is -2.69. The predicted molar refractivity (Wildman–Crippen MR) is 64.0 cm³/mol. The summed E-state index contributed by atoms with van der Waals surface area (Å²) < 4.78 is 10.4. The highest BCUT2D eigenvalue weighted by molar-refractivity contribution is 5.75. The van der Waals surface area contributed by atoms with Crippen LogP contribution >= 0.6 is 0 Å². The molecule has 0 aromatic rings. The van der Waals surface area contributed by atoms with Gasteiger partial charge >= 0.3 is 0 Å². The van der Waals surface area contributed by atoms with Crippen LogP contribution in [0.1, 0.15) is 13.8 Å². The van der Waals surface area contributed by atoms with E-state index in [9.17, 15) is 14.7 Å². The van der Waals surface area contributed by atoms with Gasteiger partial charge in [-0.05, 0) is 0 Å². The Morgan fingerprint density at radius 3 is 2.16 bits per heavy atom. The minimum atomic E-state index is -1.16. The normalized spacial score (nSPS) is 34.7. The van der Waals surface area contributed by atoms with Crippen molar-refractivity contribution in [1.29, 1.82) is 0 Å². The predicted octanol–water partition coefficient (Wildman–Crippen LogP) is -2.28. The first-order valence-electron chi connectivity index (χ1n) is 5.92. The minimum Gasteiger partial charge on any atom is -0.394 e. The average Bonchev–Trinajstić information content (AvgIpc) is 2.33. The summed E-state index contributed by atoms with van der Waals surface area (Å²) in [7, 11) is 1.37. The van der Waals surface area contributed by atoms with Crippen molar-refractivity contribution in [3.63, 3.8) is 0 Å². The first-order chi connectivity index (χ1) is 8.90. The van der Waals surface area contributed by atoms with Gasteiger partial charge in [0.25, 0.3) is 0 Å². The van der Waals surface area contributed by atoms with E-state index in [0.29, 0.717) is 0 Å². The molecule has 4 N–H and O–H groups in total. The van der Waals surface area contributed by atoms with Crippen LogP contribution in [0, 0.1) is 0 Å². The maximum atomic E-state index is 11.2. The fourth-order valence-electron chi connectivity index (χ4n) is 2.11. The number of hydrogen-bond donors (Lipinski definition) is 4. The van der Waals surface area contributed by atoms with E-state index in [0.717, 1.165) is 0 Å². The topological polar surface area (TPSA) is 117 Å². The third-order valence-corrected chi connectivity index (χ3v) is 2.89. The zero-order valence-corrected chi connectivity index (χ0v) is 11.1. The molecule has 1 rings (SSSR count). The van der Waals surface area contributed by atoms with Crippen molar-refractivity contribution in [2.45, 2.75) is 44.4 Å². The SMILES string of the molecule is COC1OC(CO)C(O)C(NC(C)=O)C1NC(C)=O. The van der Waals surface area contributed by atoms with Crippen molar-refractivity contribution in [3.05, 3.63) is 0 Å². The summed E-state index contributed by atoms with van der Waals surface area (Å²) >= 11 is 0. The Bertz CT molecular complexity index is 337. The number of carbonyl (C=O) groups is 2. The zero-order chi connectivity index (χ0) is 14.6. The maximum Gasteiger partial charge on any atom is 0.217 e. The zero-order valence-electron chi connectivity index (χ0n) is 11.1. The number of aliphatic hydroxyl groups is 2. The Labute approximate surface area is 111 Å². The highest BCUT2D eigenvalue weighted by atomic mass is 16.7. The van der Waals surface area contributed by atoms with E-state index in [-0.39, 0.29) is 11.8 Å². The molecule has 0 aliphatic carbocycles. The van der Waals surface area contributed by atoms with Crippen molar-refractivity contribution in [3.8, 4) is 0 Å². The molecule has 0 aromatic carbocycles. The number of carbonyl (C=O) groups excluding carboxylic acids is 2. The van der Waals surface area contributed by atoms with Gasteiger partial charge in [0.05, 0.1) is 12.6 Å². The first-order valence-corrected chi connectivity index (χ1v) is 5.92. The Morgan fingerprint density at radius 2 is 1.74 bits per heavy atom. The molecular weight excluding hydrogens is 256 g/mol. The van der Waals surface area contributed by atoms with Gasteiger partial charge in [-0.15, -0.1) is 0 Å². The number of rotatable bonds is 4. The van der Waals surface area contributed by atoms with E-state index in [1.165, 1.54) is 21.0 Å². The van der Waals surface area contributed by atoms with Crippen molar-refractivity contribution in [1.82, 2.24) is 10.6 Å². The van der Waals surface area contributed by atoms with Crippen molar-refractivity contribution in [2.24, 2.45) is 0 Å². The smallest absolute Gasteiger partial charge is 0.217 e. The molecule has 1 aliphatic heterocycles. The van der Waals surface area contributed by atoms with Crippen LogP contribution in [-0.2, 0) is 19.1 Å². The van der Waals surface area contributed by atoms with Crippen LogP contribution in [0.25, 0.3) is 0 Å². The van der Waals surface area contributed by atoms with E-state index in [1.807, 2.05) is 0 Å². The highest BCUT2D eigenvalue weighted by Gasteiger charge is 2.46. The lowest BCUT2D eigenvalue weighted by molar-refractivity contribution is -0.241. The summed E-state index contributed by atoms with van der Waals surface area (Å²) in [6.07, 6.45) is -2.93. The standard InChI is InChI=1S/C11H20N2O6/c1-5(15)12-8-9(13-6(2)16)11(18-3)19-7(4-14)10(8)17/h7-11,14,17H,4H2,1-3H3,(H,12,15)(H,13,16). The van der Waals surface area contributed by atoms with E-state index in [1.54, 1.807) is 0 Å². The number of amides is 2. The fourth-order valence-corrected chi connectivity index (χ4v) is 2.11. The molecule has 5 unspecified atom stereocenters. The molecule has 0 spiro atoms. The van der Waals surface area contributed by atoms with Crippen LogP contribution in [0.4, 0.5) is 0 Å². The molecule has 110 valence electrons. The van der Waals surface area contributed by atoms with Crippen LogP contribution in [0.15, 0.2) is 0 Å². The molecule has 0 saturated carbocycles. The van der Waals surface area contributed by atoms with Crippen LogP contribution in [0.5, 0.6) is 0 Å². The van der Waals surface area contributed by atoms with Crippen molar-refractivity contribution in [2.75, 3.05) is 13.7 Å². The van der Waals surface area contributed by atoms with Gasteiger partial charge in [-0.25, -0.2) is 0 Å². The average molecular weight is 276 g/mol. The molecule has 5 atom stereocenters. The summed E-state index contributed by atoms with van der Waals surface area (Å²) in [5.74, 6) is -0.714. The van der Waals surface area contributed by atoms with E-state index < -0.39 is 37.2 Å². The second-order valence-corrected chi connectivity index (χ2v) is 4.40.